The third kappa shape index (κ3) is 3.20. The Balaban J connectivity index is 2.36. The molecule has 0 aliphatic carbocycles. The first kappa shape index (κ1) is 10.3. The number of furan rings is 1. The molecule has 0 saturated carbocycles. The molecule has 0 unspecified atom stereocenters. The summed E-state index contributed by atoms with van der Waals surface area (Å²) < 4.78 is 5.22. The summed E-state index contributed by atoms with van der Waals surface area (Å²) in [5, 5.41) is 0. The minimum absolute atomic E-state index is 0.759. The molecule has 13 heavy (non-hydrogen) atoms. The second-order valence-corrected chi connectivity index (χ2v) is 3.38. The van der Waals surface area contributed by atoms with Gasteiger partial charge in [-0.05, 0) is 39.5 Å². The third-order valence-electron chi connectivity index (χ3n) is 2.15. The van der Waals surface area contributed by atoms with Crippen molar-refractivity contribution in [1.82, 2.24) is 4.90 Å². The summed E-state index contributed by atoms with van der Waals surface area (Å²) in [5.74, 6) is 1.01. The molecule has 0 radical (unpaired) electrons. The number of hydrogen-bond acceptors (Lipinski definition) is 3. The van der Waals surface area contributed by atoms with E-state index in [9.17, 15) is 0 Å². The summed E-state index contributed by atoms with van der Waals surface area (Å²) in [6.45, 7) is 4.74. The van der Waals surface area contributed by atoms with Gasteiger partial charge in [-0.25, -0.2) is 0 Å². The van der Waals surface area contributed by atoms with Crippen LogP contribution in [-0.4, -0.2) is 25.0 Å². The lowest BCUT2D eigenvalue weighted by atomic mass is 10.2. The van der Waals surface area contributed by atoms with Crippen LogP contribution >= 0.6 is 0 Å². The highest BCUT2D eigenvalue weighted by atomic mass is 16.3. The van der Waals surface area contributed by atoms with E-state index in [2.05, 4.69) is 11.9 Å². The lowest BCUT2D eigenvalue weighted by Crippen LogP contribution is -2.21. The van der Waals surface area contributed by atoms with Crippen LogP contribution in [0.4, 0.5) is 0 Å². The second-order valence-electron chi connectivity index (χ2n) is 3.38. The highest BCUT2D eigenvalue weighted by Gasteiger charge is 2.04. The zero-order valence-corrected chi connectivity index (χ0v) is 8.42. The Morgan fingerprint density at radius 2 is 2.31 bits per heavy atom. The van der Waals surface area contributed by atoms with Crippen molar-refractivity contribution >= 4 is 0 Å². The number of nitrogens with zero attached hydrogens (tertiary/aromatic N) is 1. The minimum Gasteiger partial charge on any atom is -0.469 e. The van der Waals surface area contributed by atoms with Gasteiger partial charge in [0.15, 0.2) is 0 Å². The Hall–Kier alpha value is -0.800. The van der Waals surface area contributed by atoms with Gasteiger partial charge in [-0.2, -0.15) is 0 Å². The first-order valence-corrected chi connectivity index (χ1v) is 4.65. The standard InChI is InChI=1S/C10H18N2O/c1-9-10(4-7-13-9)8-12(2)6-3-5-11/h4,7H,3,5-6,8,11H2,1-2H3. The fourth-order valence-corrected chi connectivity index (χ4v) is 1.31. The van der Waals surface area contributed by atoms with Crippen LogP contribution in [0.5, 0.6) is 0 Å². The van der Waals surface area contributed by atoms with Crippen LogP contribution in [0.1, 0.15) is 17.7 Å². The topological polar surface area (TPSA) is 42.4 Å². The number of nitrogens with two attached hydrogens (primary N) is 1. The van der Waals surface area contributed by atoms with E-state index in [1.165, 1.54) is 5.56 Å². The van der Waals surface area contributed by atoms with E-state index in [-0.39, 0.29) is 0 Å². The Bertz CT molecular complexity index is 245. The van der Waals surface area contributed by atoms with Crippen LogP contribution in [0.15, 0.2) is 16.7 Å². The zero-order chi connectivity index (χ0) is 9.68. The molecule has 1 aromatic rings. The van der Waals surface area contributed by atoms with Gasteiger partial charge in [0.1, 0.15) is 5.76 Å². The summed E-state index contributed by atoms with van der Waals surface area (Å²) in [6, 6.07) is 2.02. The monoisotopic (exact) mass is 182 g/mol. The van der Waals surface area contributed by atoms with Crippen molar-refractivity contribution in [2.45, 2.75) is 19.9 Å². The maximum atomic E-state index is 5.43. The van der Waals surface area contributed by atoms with Gasteiger partial charge >= 0.3 is 0 Å². The van der Waals surface area contributed by atoms with Gasteiger partial charge in [0.05, 0.1) is 6.26 Å². The predicted octanol–water partition coefficient (Wildman–Crippen LogP) is 1.37. The Morgan fingerprint density at radius 3 is 2.85 bits per heavy atom. The van der Waals surface area contributed by atoms with Crippen LogP contribution < -0.4 is 5.73 Å². The highest BCUT2D eigenvalue weighted by molar-refractivity contribution is 5.14. The van der Waals surface area contributed by atoms with Crippen molar-refractivity contribution in [3.8, 4) is 0 Å². The summed E-state index contributed by atoms with van der Waals surface area (Å²) in [5.41, 5.74) is 6.70. The van der Waals surface area contributed by atoms with Crippen LogP contribution in [0, 0.1) is 6.92 Å². The van der Waals surface area contributed by atoms with Crippen molar-refractivity contribution in [3.05, 3.63) is 23.7 Å². The molecule has 0 amide bonds. The third-order valence-corrected chi connectivity index (χ3v) is 2.15. The van der Waals surface area contributed by atoms with E-state index >= 15 is 0 Å². The maximum absolute atomic E-state index is 5.43. The highest BCUT2D eigenvalue weighted by Crippen LogP contribution is 2.10. The molecule has 0 saturated heterocycles. The van der Waals surface area contributed by atoms with Gasteiger partial charge in [-0.1, -0.05) is 0 Å². The number of rotatable bonds is 5. The minimum atomic E-state index is 0.759. The van der Waals surface area contributed by atoms with Crippen molar-refractivity contribution in [2.75, 3.05) is 20.1 Å². The molecule has 1 aromatic heterocycles. The van der Waals surface area contributed by atoms with Gasteiger partial charge in [-0.15, -0.1) is 0 Å². The molecule has 0 aliphatic heterocycles. The summed E-state index contributed by atoms with van der Waals surface area (Å²) in [6.07, 6.45) is 2.79. The van der Waals surface area contributed by atoms with Crippen molar-refractivity contribution in [2.24, 2.45) is 5.73 Å². The molecule has 1 rings (SSSR count). The Labute approximate surface area is 79.5 Å². The molecule has 1 heterocycles. The molecule has 0 bridgehead atoms. The van der Waals surface area contributed by atoms with Crippen molar-refractivity contribution in [3.63, 3.8) is 0 Å². The van der Waals surface area contributed by atoms with Crippen molar-refractivity contribution < 1.29 is 4.42 Å². The average molecular weight is 182 g/mol. The summed E-state index contributed by atoms with van der Waals surface area (Å²) in [4.78, 5) is 2.25. The predicted molar refractivity (Wildman–Crippen MR) is 53.5 cm³/mol. The summed E-state index contributed by atoms with van der Waals surface area (Å²) in [7, 11) is 2.10. The van der Waals surface area contributed by atoms with E-state index in [1.807, 2.05) is 13.0 Å². The fraction of sp³-hybridized carbons (Fsp3) is 0.600. The van der Waals surface area contributed by atoms with Gasteiger partial charge in [-0.3, -0.25) is 0 Å². The van der Waals surface area contributed by atoms with Gasteiger partial charge in [0.2, 0.25) is 0 Å². The van der Waals surface area contributed by atoms with Crippen molar-refractivity contribution in [1.29, 1.82) is 0 Å². The first-order chi connectivity index (χ1) is 6.24. The van der Waals surface area contributed by atoms with Crippen LogP contribution in [0.2, 0.25) is 0 Å². The molecular weight excluding hydrogens is 164 g/mol. The normalized spacial score (nSPS) is 11.1. The maximum Gasteiger partial charge on any atom is 0.105 e. The zero-order valence-electron chi connectivity index (χ0n) is 8.42. The molecule has 74 valence electrons. The quantitative estimate of drug-likeness (QED) is 0.747. The largest absolute Gasteiger partial charge is 0.469 e. The van der Waals surface area contributed by atoms with Crippen LogP contribution in [0.3, 0.4) is 0 Å². The molecule has 3 nitrogen and oxygen atoms in total. The molecule has 0 aliphatic rings. The van der Waals surface area contributed by atoms with E-state index < -0.39 is 0 Å². The lowest BCUT2D eigenvalue weighted by molar-refractivity contribution is 0.321. The van der Waals surface area contributed by atoms with E-state index in [0.29, 0.717) is 0 Å². The Morgan fingerprint density at radius 1 is 1.54 bits per heavy atom. The lowest BCUT2D eigenvalue weighted by Gasteiger charge is -2.15. The van der Waals surface area contributed by atoms with E-state index in [1.54, 1.807) is 6.26 Å². The van der Waals surface area contributed by atoms with Crippen LogP contribution in [-0.2, 0) is 6.54 Å². The molecule has 0 spiro atoms. The molecule has 0 aromatic carbocycles. The molecule has 2 N–H and O–H groups in total. The van der Waals surface area contributed by atoms with E-state index in [0.717, 1.165) is 31.8 Å². The molecule has 0 fully saturated rings. The van der Waals surface area contributed by atoms with Gasteiger partial charge < -0.3 is 15.1 Å². The van der Waals surface area contributed by atoms with Gasteiger partial charge in [0.25, 0.3) is 0 Å². The van der Waals surface area contributed by atoms with E-state index in [4.69, 9.17) is 10.2 Å². The van der Waals surface area contributed by atoms with Gasteiger partial charge in [0, 0.05) is 12.1 Å². The van der Waals surface area contributed by atoms with Crippen LogP contribution in [0.25, 0.3) is 0 Å². The average Bonchev–Trinajstić information content (AvgIpc) is 2.48. The molecule has 0 atom stereocenters. The smallest absolute Gasteiger partial charge is 0.105 e. The summed E-state index contributed by atoms with van der Waals surface area (Å²) >= 11 is 0. The fourth-order valence-electron chi connectivity index (χ4n) is 1.31. The Kier molecular flexibility index (Phi) is 3.99. The first-order valence-electron chi connectivity index (χ1n) is 4.65. The SMILES string of the molecule is Cc1occc1CN(C)CCCN. The molecular formula is C10H18N2O. The second kappa shape index (κ2) is 5.04. The number of hydrogen-bond donors (Lipinski definition) is 1. The number of aryl methyl sites for hydroxylation is 1. The molecule has 3 heteroatoms.